The van der Waals surface area contributed by atoms with Crippen LogP contribution in [0.1, 0.15) is 12.5 Å². The van der Waals surface area contributed by atoms with Crippen LogP contribution >= 0.6 is 23.2 Å². The molecule has 1 N–H and O–H groups in total. The summed E-state index contributed by atoms with van der Waals surface area (Å²) >= 11 is 12.0. The lowest BCUT2D eigenvalue weighted by Crippen LogP contribution is -2.06. The van der Waals surface area contributed by atoms with E-state index in [-0.39, 0.29) is 0 Å². The highest BCUT2D eigenvalue weighted by Crippen LogP contribution is 2.23. The molecule has 0 bridgehead atoms. The summed E-state index contributed by atoms with van der Waals surface area (Å²) < 4.78 is 10.9. The number of nitrogens with one attached hydrogen (secondary N) is 1. The number of benzene rings is 2. The molecule has 0 aliphatic rings. The third kappa shape index (κ3) is 5.76. The van der Waals surface area contributed by atoms with E-state index in [1.807, 2.05) is 43.3 Å². The molecule has 0 heterocycles. The van der Waals surface area contributed by atoms with Crippen LogP contribution in [0.15, 0.2) is 42.5 Å². The number of hydrogen-bond acceptors (Lipinski definition) is 3. The number of rotatable bonds is 8. The van der Waals surface area contributed by atoms with Gasteiger partial charge in [0.05, 0.1) is 6.61 Å². The van der Waals surface area contributed by atoms with Crippen LogP contribution in [-0.4, -0.2) is 19.8 Å². The van der Waals surface area contributed by atoms with Crippen LogP contribution in [-0.2, 0) is 11.3 Å². The van der Waals surface area contributed by atoms with Gasteiger partial charge in [0.15, 0.2) is 0 Å². The SMILES string of the molecule is CCOCCOc1cccc(CNc2cc(Cl)cc(Cl)c2)c1. The van der Waals surface area contributed by atoms with Crippen molar-refractivity contribution in [2.24, 2.45) is 0 Å². The van der Waals surface area contributed by atoms with Crippen LogP contribution in [0.25, 0.3) is 0 Å². The van der Waals surface area contributed by atoms with Crippen molar-refractivity contribution in [1.29, 1.82) is 0 Å². The summed E-state index contributed by atoms with van der Waals surface area (Å²) in [5.41, 5.74) is 2.00. The first-order valence-corrected chi connectivity index (χ1v) is 7.92. The summed E-state index contributed by atoms with van der Waals surface area (Å²) in [7, 11) is 0. The molecular formula is C17H19Cl2NO2. The molecule has 2 aromatic carbocycles. The van der Waals surface area contributed by atoms with Crippen LogP contribution in [0.3, 0.4) is 0 Å². The van der Waals surface area contributed by atoms with Crippen LogP contribution in [0.5, 0.6) is 5.75 Å². The largest absolute Gasteiger partial charge is 0.491 e. The average molecular weight is 340 g/mol. The van der Waals surface area contributed by atoms with Gasteiger partial charge in [-0.3, -0.25) is 0 Å². The van der Waals surface area contributed by atoms with Crippen LogP contribution in [0.4, 0.5) is 5.69 Å². The molecule has 0 fully saturated rings. The van der Waals surface area contributed by atoms with Crippen molar-refractivity contribution in [3.05, 3.63) is 58.1 Å². The fraction of sp³-hybridized carbons (Fsp3) is 0.294. The van der Waals surface area contributed by atoms with Crippen LogP contribution in [0, 0.1) is 0 Å². The molecule has 2 rings (SSSR count). The zero-order valence-electron chi connectivity index (χ0n) is 12.4. The molecule has 0 saturated carbocycles. The molecule has 5 heteroatoms. The molecule has 22 heavy (non-hydrogen) atoms. The van der Waals surface area contributed by atoms with Gasteiger partial charge < -0.3 is 14.8 Å². The van der Waals surface area contributed by atoms with Gasteiger partial charge >= 0.3 is 0 Å². The van der Waals surface area contributed by atoms with Crippen molar-refractivity contribution < 1.29 is 9.47 Å². The van der Waals surface area contributed by atoms with Gasteiger partial charge in [-0.05, 0) is 42.8 Å². The lowest BCUT2D eigenvalue weighted by atomic mass is 10.2. The minimum Gasteiger partial charge on any atom is -0.491 e. The molecule has 0 unspecified atom stereocenters. The molecule has 0 aliphatic heterocycles. The normalized spacial score (nSPS) is 10.5. The summed E-state index contributed by atoms with van der Waals surface area (Å²) in [6.07, 6.45) is 0. The third-order valence-corrected chi connectivity index (χ3v) is 3.39. The molecule has 3 nitrogen and oxygen atoms in total. The minimum atomic E-state index is 0.550. The van der Waals surface area contributed by atoms with Crippen molar-refractivity contribution in [3.63, 3.8) is 0 Å². The highest BCUT2D eigenvalue weighted by Gasteiger charge is 2.00. The van der Waals surface area contributed by atoms with Gasteiger partial charge in [-0.25, -0.2) is 0 Å². The van der Waals surface area contributed by atoms with Crippen molar-refractivity contribution in [2.45, 2.75) is 13.5 Å². The van der Waals surface area contributed by atoms with Gasteiger partial charge in [0.25, 0.3) is 0 Å². The lowest BCUT2D eigenvalue weighted by Gasteiger charge is -2.10. The maximum Gasteiger partial charge on any atom is 0.119 e. The summed E-state index contributed by atoms with van der Waals surface area (Å²) in [6.45, 7) is 4.48. The maximum absolute atomic E-state index is 5.98. The smallest absolute Gasteiger partial charge is 0.119 e. The van der Waals surface area contributed by atoms with Gasteiger partial charge in [-0.1, -0.05) is 35.3 Å². The predicted octanol–water partition coefficient (Wildman–Crippen LogP) is 5.02. The fourth-order valence-electron chi connectivity index (χ4n) is 1.97. The first-order chi connectivity index (χ1) is 10.7. The van der Waals surface area contributed by atoms with E-state index in [2.05, 4.69) is 5.32 Å². The molecule has 0 atom stereocenters. The van der Waals surface area contributed by atoms with Crippen molar-refractivity contribution in [1.82, 2.24) is 0 Å². The van der Waals surface area contributed by atoms with E-state index in [1.54, 1.807) is 6.07 Å². The Kier molecular flexibility index (Phi) is 6.84. The standard InChI is InChI=1S/C17H19Cl2NO2/c1-2-21-6-7-22-17-5-3-4-13(8-17)12-20-16-10-14(18)9-15(19)11-16/h3-5,8-11,20H,2,6-7,12H2,1H3. The molecule has 0 aromatic heterocycles. The molecular weight excluding hydrogens is 321 g/mol. The van der Waals surface area contributed by atoms with E-state index in [9.17, 15) is 0 Å². The van der Waals surface area contributed by atoms with E-state index in [0.717, 1.165) is 17.0 Å². The second-order valence-corrected chi connectivity index (χ2v) is 5.58. The zero-order chi connectivity index (χ0) is 15.8. The Labute approximate surface area is 141 Å². The number of hydrogen-bond donors (Lipinski definition) is 1. The van der Waals surface area contributed by atoms with E-state index in [4.69, 9.17) is 32.7 Å². The first-order valence-electron chi connectivity index (χ1n) is 7.17. The second-order valence-electron chi connectivity index (χ2n) is 4.70. The maximum atomic E-state index is 5.98. The van der Waals surface area contributed by atoms with Crippen molar-refractivity contribution in [3.8, 4) is 5.75 Å². The molecule has 118 valence electrons. The molecule has 0 aliphatic carbocycles. The summed E-state index contributed by atoms with van der Waals surface area (Å²) in [5, 5.41) is 4.52. The second kappa shape index (κ2) is 8.89. The Hall–Kier alpha value is -1.42. The summed E-state index contributed by atoms with van der Waals surface area (Å²) in [4.78, 5) is 0. The molecule has 0 spiro atoms. The predicted molar refractivity (Wildman–Crippen MR) is 92.2 cm³/mol. The van der Waals surface area contributed by atoms with Gasteiger partial charge in [0.2, 0.25) is 0 Å². The van der Waals surface area contributed by atoms with Crippen LogP contribution < -0.4 is 10.1 Å². The Morgan fingerprint density at radius 2 is 1.77 bits per heavy atom. The van der Waals surface area contributed by atoms with E-state index >= 15 is 0 Å². The van der Waals surface area contributed by atoms with E-state index < -0.39 is 0 Å². The van der Waals surface area contributed by atoms with E-state index in [0.29, 0.717) is 36.4 Å². The Balaban J connectivity index is 1.89. The molecule has 0 amide bonds. The minimum absolute atomic E-state index is 0.550. The number of anilines is 1. The van der Waals surface area contributed by atoms with Gasteiger partial charge in [-0.15, -0.1) is 0 Å². The lowest BCUT2D eigenvalue weighted by molar-refractivity contribution is 0.110. The van der Waals surface area contributed by atoms with Crippen molar-refractivity contribution >= 4 is 28.9 Å². The van der Waals surface area contributed by atoms with Gasteiger partial charge in [0, 0.05) is 28.9 Å². The fourth-order valence-corrected chi connectivity index (χ4v) is 2.49. The van der Waals surface area contributed by atoms with Crippen LogP contribution in [0.2, 0.25) is 10.0 Å². The Morgan fingerprint density at radius 1 is 1.00 bits per heavy atom. The Morgan fingerprint density at radius 3 is 2.50 bits per heavy atom. The van der Waals surface area contributed by atoms with Gasteiger partial charge in [-0.2, -0.15) is 0 Å². The van der Waals surface area contributed by atoms with Crippen molar-refractivity contribution in [2.75, 3.05) is 25.1 Å². The quantitative estimate of drug-likeness (QED) is 0.685. The third-order valence-electron chi connectivity index (χ3n) is 2.96. The highest BCUT2D eigenvalue weighted by atomic mass is 35.5. The molecule has 2 aromatic rings. The van der Waals surface area contributed by atoms with E-state index in [1.165, 1.54) is 0 Å². The number of ether oxygens (including phenoxy) is 2. The topological polar surface area (TPSA) is 30.5 Å². The molecule has 0 saturated heterocycles. The monoisotopic (exact) mass is 339 g/mol. The number of halogens is 2. The summed E-state index contributed by atoms with van der Waals surface area (Å²) in [6, 6.07) is 13.3. The summed E-state index contributed by atoms with van der Waals surface area (Å²) in [5.74, 6) is 0.836. The first kappa shape index (κ1) is 16.9. The molecule has 0 radical (unpaired) electrons. The van der Waals surface area contributed by atoms with Gasteiger partial charge in [0.1, 0.15) is 12.4 Å². The Bertz CT molecular complexity index is 585. The average Bonchev–Trinajstić information content (AvgIpc) is 2.49. The zero-order valence-corrected chi connectivity index (χ0v) is 14.0. The highest BCUT2D eigenvalue weighted by molar-refractivity contribution is 6.35.